The van der Waals surface area contributed by atoms with Crippen LogP contribution in [0.25, 0.3) is 10.6 Å². The lowest BCUT2D eigenvalue weighted by molar-refractivity contribution is 0.0754. The first-order chi connectivity index (χ1) is 10.6. The molecule has 1 N–H and O–H groups in total. The van der Waals surface area contributed by atoms with E-state index in [0.717, 1.165) is 11.1 Å². The van der Waals surface area contributed by atoms with Gasteiger partial charge in [0, 0.05) is 18.0 Å². The van der Waals surface area contributed by atoms with Gasteiger partial charge in [0.15, 0.2) is 5.01 Å². The summed E-state index contributed by atoms with van der Waals surface area (Å²) in [5, 5.41) is 20.4. The monoisotopic (exact) mass is 315 g/mol. The van der Waals surface area contributed by atoms with E-state index in [-0.39, 0.29) is 5.82 Å². The summed E-state index contributed by atoms with van der Waals surface area (Å²) in [6.07, 6.45) is 3.74. The summed E-state index contributed by atoms with van der Waals surface area (Å²) in [6.45, 7) is 1.89. The van der Waals surface area contributed by atoms with Crippen molar-refractivity contribution in [3.63, 3.8) is 0 Å². The second kappa shape index (κ2) is 5.90. The molecule has 6 heteroatoms. The van der Waals surface area contributed by atoms with Crippen LogP contribution in [0.15, 0.2) is 48.8 Å². The Morgan fingerprint density at radius 1 is 1.09 bits per heavy atom. The molecule has 0 aliphatic heterocycles. The van der Waals surface area contributed by atoms with Crippen LogP contribution in [-0.4, -0.2) is 20.3 Å². The quantitative estimate of drug-likeness (QED) is 0.802. The first kappa shape index (κ1) is 14.7. The lowest BCUT2D eigenvalue weighted by Gasteiger charge is -2.23. The fourth-order valence-corrected chi connectivity index (χ4v) is 3.24. The summed E-state index contributed by atoms with van der Waals surface area (Å²) in [6, 6.07) is 9.59. The molecule has 3 rings (SSSR count). The smallest absolute Gasteiger partial charge is 0.154 e. The average Bonchev–Trinajstić information content (AvgIpc) is 3.06. The summed E-state index contributed by atoms with van der Waals surface area (Å²) in [4.78, 5) is 3.97. The molecule has 3 aromatic rings. The second-order valence-electron chi connectivity index (χ2n) is 4.87. The number of aromatic nitrogens is 3. The Morgan fingerprint density at radius 2 is 1.77 bits per heavy atom. The van der Waals surface area contributed by atoms with Crippen LogP contribution in [0.5, 0.6) is 0 Å². The number of aliphatic hydroxyl groups is 1. The first-order valence-electron chi connectivity index (χ1n) is 6.86. The lowest BCUT2D eigenvalue weighted by atomic mass is 9.93. The zero-order chi connectivity index (χ0) is 15.6. The van der Waals surface area contributed by atoms with Crippen molar-refractivity contribution in [3.05, 3.63) is 65.2 Å². The molecule has 112 valence electrons. The molecule has 0 bridgehead atoms. The molecule has 22 heavy (non-hydrogen) atoms. The Bertz CT molecular complexity index is 761. The van der Waals surface area contributed by atoms with Crippen LogP contribution in [0.2, 0.25) is 0 Å². The maximum atomic E-state index is 13.0. The normalized spacial score (nSPS) is 13.8. The van der Waals surface area contributed by atoms with Gasteiger partial charge < -0.3 is 5.11 Å². The molecule has 2 heterocycles. The van der Waals surface area contributed by atoms with Crippen LogP contribution in [0.4, 0.5) is 4.39 Å². The highest BCUT2D eigenvalue weighted by Gasteiger charge is 2.33. The molecule has 0 spiro atoms. The van der Waals surface area contributed by atoms with Crippen molar-refractivity contribution in [3.8, 4) is 10.6 Å². The molecule has 2 aromatic heterocycles. The second-order valence-corrected chi connectivity index (χ2v) is 5.85. The summed E-state index contributed by atoms with van der Waals surface area (Å²) in [5.74, 6) is -0.296. The maximum Gasteiger partial charge on any atom is 0.154 e. The summed E-state index contributed by atoms with van der Waals surface area (Å²) in [7, 11) is 0. The number of nitrogens with zero attached hydrogens (tertiary/aromatic N) is 3. The fraction of sp³-hybridized carbons (Fsp3) is 0.188. The van der Waals surface area contributed by atoms with Gasteiger partial charge in [-0.15, -0.1) is 10.2 Å². The Labute approximate surface area is 131 Å². The minimum absolute atomic E-state index is 0.296. The number of hydrogen-bond acceptors (Lipinski definition) is 5. The van der Waals surface area contributed by atoms with Gasteiger partial charge >= 0.3 is 0 Å². The van der Waals surface area contributed by atoms with Gasteiger partial charge in [-0.05, 0) is 48.4 Å². The van der Waals surface area contributed by atoms with Crippen molar-refractivity contribution in [2.75, 3.05) is 0 Å². The van der Waals surface area contributed by atoms with Gasteiger partial charge in [-0.25, -0.2) is 4.39 Å². The van der Waals surface area contributed by atoms with E-state index in [9.17, 15) is 9.50 Å². The minimum atomic E-state index is -1.20. The summed E-state index contributed by atoms with van der Waals surface area (Å²) < 4.78 is 13.0. The minimum Gasteiger partial charge on any atom is -0.378 e. The standard InChI is InChI=1S/C16H14FN3OS/c1-2-16(21,12-7-9-18-10-8-12)15-20-19-14(22-15)11-3-5-13(17)6-4-11/h3-10,21H,2H2,1H3. The van der Waals surface area contributed by atoms with Crippen LogP contribution in [0.1, 0.15) is 23.9 Å². The molecule has 1 aromatic carbocycles. The topological polar surface area (TPSA) is 58.9 Å². The average molecular weight is 315 g/mol. The third-order valence-corrected chi connectivity index (χ3v) is 4.66. The van der Waals surface area contributed by atoms with E-state index in [1.54, 1.807) is 36.7 Å². The Hall–Kier alpha value is -2.18. The van der Waals surface area contributed by atoms with Gasteiger partial charge in [0.25, 0.3) is 0 Å². The summed E-state index contributed by atoms with van der Waals surface area (Å²) in [5.41, 5.74) is 0.309. The highest BCUT2D eigenvalue weighted by molar-refractivity contribution is 7.14. The lowest BCUT2D eigenvalue weighted by Crippen LogP contribution is -2.26. The van der Waals surface area contributed by atoms with Gasteiger partial charge in [0.1, 0.15) is 16.4 Å². The molecular weight excluding hydrogens is 301 g/mol. The van der Waals surface area contributed by atoms with Crippen molar-refractivity contribution in [1.82, 2.24) is 15.2 Å². The zero-order valence-electron chi connectivity index (χ0n) is 11.9. The van der Waals surface area contributed by atoms with Crippen molar-refractivity contribution in [1.29, 1.82) is 0 Å². The van der Waals surface area contributed by atoms with Crippen LogP contribution in [0.3, 0.4) is 0 Å². The zero-order valence-corrected chi connectivity index (χ0v) is 12.7. The fourth-order valence-electron chi connectivity index (χ4n) is 2.21. The van der Waals surface area contributed by atoms with Crippen LogP contribution in [0, 0.1) is 5.82 Å². The van der Waals surface area contributed by atoms with E-state index in [4.69, 9.17) is 0 Å². The van der Waals surface area contributed by atoms with E-state index in [1.807, 2.05) is 6.92 Å². The third kappa shape index (κ3) is 2.63. The molecule has 4 nitrogen and oxygen atoms in total. The molecule has 0 saturated carbocycles. The number of benzene rings is 1. The molecule has 0 aliphatic carbocycles. The highest BCUT2D eigenvalue weighted by atomic mass is 32.1. The van der Waals surface area contributed by atoms with E-state index in [0.29, 0.717) is 16.4 Å². The van der Waals surface area contributed by atoms with Crippen LogP contribution >= 0.6 is 11.3 Å². The Morgan fingerprint density at radius 3 is 2.41 bits per heavy atom. The van der Waals surface area contributed by atoms with E-state index in [1.165, 1.54) is 23.5 Å². The maximum absolute atomic E-state index is 13.0. The third-order valence-electron chi connectivity index (χ3n) is 3.54. The number of halogens is 1. The van der Waals surface area contributed by atoms with Crippen LogP contribution in [-0.2, 0) is 5.60 Å². The molecule has 0 saturated heterocycles. The SMILES string of the molecule is CCC(O)(c1ccncc1)c1nnc(-c2ccc(F)cc2)s1. The molecule has 0 aliphatic rings. The van der Waals surface area contributed by atoms with E-state index < -0.39 is 5.60 Å². The molecular formula is C16H14FN3OS. The van der Waals surface area contributed by atoms with E-state index in [2.05, 4.69) is 15.2 Å². The largest absolute Gasteiger partial charge is 0.378 e. The predicted molar refractivity (Wildman–Crippen MR) is 82.8 cm³/mol. The van der Waals surface area contributed by atoms with Crippen molar-refractivity contribution in [2.45, 2.75) is 18.9 Å². The number of rotatable bonds is 4. The van der Waals surface area contributed by atoms with Gasteiger partial charge in [0.05, 0.1) is 0 Å². The van der Waals surface area contributed by atoms with Crippen molar-refractivity contribution < 1.29 is 9.50 Å². The Balaban J connectivity index is 2.00. The van der Waals surface area contributed by atoms with E-state index >= 15 is 0 Å². The molecule has 0 amide bonds. The molecule has 1 unspecified atom stereocenters. The van der Waals surface area contributed by atoms with Gasteiger partial charge in [-0.1, -0.05) is 18.3 Å². The molecule has 0 radical (unpaired) electrons. The summed E-state index contributed by atoms with van der Waals surface area (Å²) >= 11 is 1.30. The highest BCUT2D eigenvalue weighted by Crippen LogP contribution is 2.36. The molecule has 1 atom stereocenters. The van der Waals surface area contributed by atoms with Crippen molar-refractivity contribution in [2.24, 2.45) is 0 Å². The van der Waals surface area contributed by atoms with Crippen LogP contribution < -0.4 is 0 Å². The predicted octanol–water partition coefficient (Wildman–Crippen LogP) is 3.39. The number of hydrogen-bond donors (Lipinski definition) is 1. The Kier molecular flexibility index (Phi) is 3.96. The number of pyridine rings is 1. The molecule has 0 fully saturated rings. The van der Waals surface area contributed by atoms with Gasteiger partial charge in [-0.3, -0.25) is 4.98 Å². The van der Waals surface area contributed by atoms with Gasteiger partial charge in [-0.2, -0.15) is 0 Å². The first-order valence-corrected chi connectivity index (χ1v) is 7.68. The van der Waals surface area contributed by atoms with Gasteiger partial charge in [0.2, 0.25) is 0 Å². The van der Waals surface area contributed by atoms with Crippen molar-refractivity contribution >= 4 is 11.3 Å².